The molecule has 138 valence electrons. The third-order valence-corrected chi connectivity index (χ3v) is 4.06. The van der Waals surface area contributed by atoms with Crippen LogP contribution in [0, 0.1) is 6.92 Å². The Labute approximate surface area is 154 Å². The van der Waals surface area contributed by atoms with Crippen molar-refractivity contribution in [3.63, 3.8) is 0 Å². The molecular formula is C20H26N4O2. The Morgan fingerprint density at radius 3 is 2.31 bits per heavy atom. The van der Waals surface area contributed by atoms with Crippen LogP contribution in [0.2, 0.25) is 0 Å². The number of hydrogen-bond acceptors (Lipinski definition) is 3. The number of likely N-dealkylation sites (N-methyl/N-ethyl adjacent to an activating group) is 1. The zero-order valence-electron chi connectivity index (χ0n) is 15.5. The van der Waals surface area contributed by atoms with E-state index in [1.165, 1.54) is 0 Å². The highest BCUT2D eigenvalue weighted by Crippen LogP contribution is 2.16. The quantitative estimate of drug-likeness (QED) is 0.802. The smallest absolute Gasteiger partial charge is 0.322 e. The van der Waals surface area contributed by atoms with Gasteiger partial charge in [0.25, 0.3) is 0 Å². The van der Waals surface area contributed by atoms with Crippen LogP contribution >= 0.6 is 0 Å². The molecule has 26 heavy (non-hydrogen) atoms. The summed E-state index contributed by atoms with van der Waals surface area (Å²) < 4.78 is 0. The number of amides is 3. The molecule has 2 aromatic rings. The number of nitrogens with zero attached hydrogens (tertiary/aromatic N) is 2. The topological polar surface area (TPSA) is 78.7 Å². The van der Waals surface area contributed by atoms with Gasteiger partial charge < -0.3 is 20.9 Å². The van der Waals surface area contributed by atoms with Crippen LogP contribution < -0.4 is 11.1 Å². The summed E-state index contributed by atoms with van der Waals surface area (Å²) in [5.74, 6) is -0.475. The van der Waals surface area contributed by atoms with E-state index in [1.807, 2.05) is 49.3 Å². The van der Waals surface area contributed by atoms with Crippen molar-refractivity contribution in [2.24, 2.45) is 5.73 Å². The minimum atomic E-state index is -0.475. The largest absolute Gasteiger partial charge is 0.366 e. The zero-order chi connectivity index (χ0) is 19.1. The lowest BCUT2D eigenvalue weighted by Gasteiger charge is -2.25. The summed E-state index contributed by atoms with van der Waals surface area (Å²) in [5.41, 5.74) is 8.23. The predicted molar refractivity (Wildman–Crippen MR) is 104 cm³/mol. The molecule has 2 rings (SSSR count). The van der Waals surface area contributed by atoms with Crippen molar-refractivity contribution in [1.29, 1.82) is 0 Å². The molecule has 0 saturated heterocycles. The number of carbonyl (C=O) groups excluding carboxylic acids is 2. The predicted octanol–water partition coefficient (Wildman–Crippen LogP) is 2.69. The van der Waals surface area contributed by atoms with Crippen LogP contribution in [0.15, 0.2) is 48.5 Å². The number of urea groups is 1. The van der Waals surface area contributed by atoms with Gasteiger partial charge in [-0.3, -0.25) is 4.79 Å². The van der Waals surface area contributed by atoms with Gasteiger partial charge in [0.15, 0.2) is 0 Å². The van der Waals surface area contributed by atoms with Gasteiger partial charge in [-0.25, -0.2) is 4.79 Å². The van der Waals surface area contributed by atoms with Crippen molar-refractivity contribution in [2.45, 2.75) is 13.5 Å². The normalized spacial score (nSPS) is 10.6. The summed E-state index contributed by atoms with van der Waals surface area (Å²) in [7, 11) is 3.95. The number of nitrogens with one attached hydrogen (secondary N) is 1. The Hall–Kier alpha value is -2.86. The Bertz CT molecular complexity index is 760. The summed E-state index contributed by atoms with van der Waals surface area (Å²) >= 11 is 0. The van der Waals surface area contributed by atoms with E-state index in [1.54, 1.807) is 30.0 Å². The van der Waals surface area contributed by atoms with Crippen LogP contribution in [0.25, 0.3) is 0 Å². The maximum atomic E-state index is 12.8. The molecule has 0 atom stereocenters. The van der Waals surface area contributed by atoms with Gasteiger partial charge in [0.1, 0.15) is 0 Å². The Kier molecular flexibility index (Phi) is 6.74. The SMILES string of the molecule is Cc1cc(NC(=O)N(CCN(C)C)Cc2ccccc2)ccc1C(N)=O. The van der Waals surface area contributed by atoms with Crippen LogP contribution in [0.5, 0.6) is 0 Å². The van der Waals surface area contributed by atoms with Crippen LogP contribution in [-0.4, -0.2) is 48.9 Å². The first kappa shape index (κ1) is 19.5. The third kappa shape index (κ3) is 5.60. The molecule has 3 amide bonds. The highest BCUT2D eigenvalue weighted by Gasteiger charge is 2.15. The second-order valence-electron chi connectivity index (χ2n) is 6.53. The van der Waals surface area contributed by atoms with Gasteiger partial charge in [-0.05, 0) is 50.3 Å². The van der Waals surface area contributed by atoms with E-state index in [4.69, 9.17) is 5.73 Å². The first-order chi connectivity index (χ1) is 12.4. The average Bonchev–Trinajstić information content (AvgIpc) is 2.59. The number of benzene rings is 2. The van der Waals surface area contributed by atoms with Gasteiger partial charge in [-0.2, -0.15) is 0 Å². The monoisotopic (exact) mass is 354 g/mol. The van der Waals surface area contributed by atoms with Crippen molar-refractivity contribution in [1.82, 2.24) is 9.80 Å². The van der Waals surface area contributed by atoms with Gasteiger partial charge in [-0.15, -0.1) is 0 Å². The number of aryl methyl sites for hydroxylation is 1. The number of hydrogen-bond donors (Lipinski definition) is 2. The van der Waals surface area contributed by atoms with Crippen LogP contribution in [-0.2, 0) is 6.54 Å². The molecule has 2 aromatic carbocycles. The molecule has 0 spiro atoms. The molecule has 0 bridgehead atoms. The molecule has 0 aromatic heterocycles. The summed E-state index contributed by atoms with van der Waals surface area (Å²) in [6.07, 6.45) is 0. The zero-order valence-corrected chi connectivity index (χ0v) is 15.5. The lowest BCUT2D eigenvalue weighted by molar-refractivity contribution is 0.0999. The molecule has 6 nitrogen and oxygen atoms in total. The first-order valence-electron chi connectivity index (χ1n) is 8.52. The molecule has 3 N–H and O–H groups in total. The fourth-order valence-corrected chi connectivity index (χ4v) is 2.60. The average molecular weight is 354 g/mol. The molecule has 0 aliphatic carbocycles. The fourth-order valence-electron chi connectivity index (χ4n) is 2.60. The second-order valence-corrected chi connectivity index (χ2v) is 6.53. The second kappa shape index (κ2) is 9.01. The minimum absolute atomic E-state index is 0.179. The standard InChI is InChI=1S/C20H26N4O2/c1-15-13-17(9-10-18(15)19(21)25)22-20(26)24(12-11-23(2)3)14-16-7-5-4-6-8-16/h4-10,13H,11-12,14H2,1-3H3,(H2,21,25)(H,22,26). The van der Waals surface area contributed by atoms with E-state index < -0.39 is 5.91 Å². The van der Waals surface area contributed by atoms with Gasteiger partial charge in [0.05, 0.1) is 0 Å². The fraction of sp³-hybridized carbons (Fsp3) is 0.300. The van der Waals surface area contributed by atoms with E-state index in [-0.39, 0.29) is 6.03 Å². The number of rotatable bonds is 7. The van der Waals surface area contributed by atoms with Crippen molar-refractivity contribution in [3.05, 3.63) is 65.2 Å². The summed E-state index contributed by atoms with van der Waals surface area (Å²) in [6, 6.07) is 14.8. The Balaban J connectivity index is 2.12. The van der Waals surface area contributed by atoms with Gasteiger partial charge in [-0.1, -0.05) is 30.3 Å². The maximum absolute atomic E-state index is 12.8. The van der Waals surface area contributed by atoms with Crippen LogP contribution in [0.4, 0.5) is 10.5 Å². The number of primary amides is 1. The van der Waals surface area contributed by atoms with E-state index in [0.29, 0.717) is 24.3 Å². The number of nitrogens with two attached hydrogens (primary N) is 1. The van der Waals surface area contributed by atoms with Gasteiger partial charge in [0, 0.05) is 30.9 Å². The molecule has 0 fully saturated rings. The highest BCUT2D eigenvalue weighted by molar-refractivity contribution is 5.96. The van der Waals surface area contributed by atoms with Crippen molar-refractivity contribution >= 4 is 17.6 Å². The van der Waals surface area contributed by atoms with Crippen molar-refractivity contribution < 1.29 is 9.59 Å². The van der Waals surface area contributed by atoms with E-state index in [9.17, 15) is 9.59 Å². The van der Waals surface area contributed by atoms with E-state index >= 15 is 0 Å². The molecule has 0 aliphatic rings. The Morgan fingerprint density at radius 2 is 1.73 bits per heavy atom. The number of anilines is 1. The van der Waals surface area contributed by atoms with Crippen molar-refractivity contribution in [2.75, 3.05) is 32.5 Å². The van der Waals surface area contributed by atoms with E-state index in [2.05, 4.69) is 5.32 Å². The van der Waals surface area contributed by atoms with Crippen molar-refractivity contribution in [3.8, 4) is 0 Å². The molecule has 0 radical (unpaired) electrons. The molecule has 0 heterocycles. The Morgan fingerprint density at radius 1 is 1.04 bits per heavy atom. The maximum Gasteiger partial charge on any atom is 0.322 e. The van der Waals surface area contributed by atoms with Crippen LogP contribution in [0.1, 0.15) is 21.5 Å². The summed E-state index contributed by atoms with van der Waals surface area (Å²) in [4.78, 5) is 27.9. The molecule has 0 aliphatic heterocycles. The van der Waals surface area contributed by atoms with E-state index in [0.717, 1.165) is 17.7 Å². The first-order valence-corrected chi connectivity index (χ1v) is 8.52. The highest BCUT2D eigenvalue weighted by atomic mass is 16.2. The summed E-state index contributed by atoms with van der Waals surface area (Å²) in [6.45, 7) is 3.69. The third-order valence-electron chi connectivity index (χ3n) is 4.06. The number of carbonyl (C=O) groups is 2. The van der Waals surface area contributed by atoms with Gasteiger partial charge >= 0.3 is 6.03 Å². The molecule has 6 heteroatoms. The minimum Gasteiger partial charge on any atom is -0.366 e. The van der Waals surface area contributed by atoms with Gasteiger partial charge in [0.2, 0.25) is 5.91 Å². The lowest BCUT2D eigenvalue weighted by atomic mass is 10.1. The molecule has 0 saturated carbocycles. The van der Waals surface area contributed by atoms with Crippen LogP contribution in [0.3, 0.4) is 0 Å². The molecule has 0 unspecified atom stereocenters. The molecular weight excluding hydrogens is 328 g/mol. The summed E-state index contributed by atoms with van der Waals surface area (Å²) in [5, 5.41) is 2.91. The lowest BCUT2D eigenvalue weighted by Crippen LogP contribution is -2.39.